The first-order valence-electron chi connectivity index (χ1n) is 2.97. The molecule has 1 N–H and O–H groups in total. The third-order valence-corrected chi connectivity index (χ3v) is 1.39. The number of rotatable bonds is 0. The monoisotopic (exact) mass is 153 g/mol. The van der Waals surface area contributed by atoms with Crippen LogP contribution in [0.15, 0.2) is 18.2 Å². The molecule has 0 saturated carbocycles. The molecule has 56 valence electrons. The van der Waals surface area contributed by atoms with E-state index < -0.39 is 5.82 Å². The lowest BCUT2D eigenvalue weighted by atomic mass is 10.3. The Morgan fingerprint density at radius 3 is 3.09 bits per heavy atom. The Morgan fingerprint density at radius 1 is 1.45 bits per heavy atom. The summed E-state index contributed by atoms with van der Waals surface area (Å²) in [6.45, 7) is 0. The average Bonchev–Trinajstić information content (AvgIpc) is 2.33. The van der Waals surface area contributed by atoms with Gasteiger partial charge in [-0.1, -0.05) is 4.85 Å². The van der Waals surface area contributed by atoms with Crippen LogP contribution in [0.3, 0.4) is 0 Å². The maximum atomic E-state index is 12.5. The van der Waals surface area contributed by atoms with Crippen molar-refractivity contribution in [2.45, 2.75) is 0 Å². The molecule has 11 heavy (non-hydrogen) atoms. The number of nitrogens with zero attached hydrogens (tertiary/aromatic N) is 3. The average molecular weight is 153 g/mol. The minimum Gasteiger partial charge on any atom is -0.410 e. The molecule has 4 nitrogen and oxygen atoms in total. The van der Waals surface area contributed by atoms with E-state index in [1.807, 2.05) is 0 Å². The predicted molar refractivity (Wildman–Crippen MR) is 34.7 cm³/mol. The number of hydrogen-bond donors (Lipinski definition) is 1. The highest BCUT2D eigenvalue weighted by molar-refractivity contribution is 5.73. The standard InChI is InChI=1S/C6H4FN3O/c7-4-1-2-5-6(3-4)10(11)9-8-5/h1-3,11H. The highest BCUT2D eigenvalue weighted by Gasteiger charge is 2.02. The molecule has 1 aromatic heterocycles. The lowest BCUT2D eigenvalue weighted by Gasteiger charge is -1.88. The Hall–Kier alpha value is -1.65. The van der Waals surface area contributed by atoms with Crippen molar-refractivity contribution in [1.82, 2.24) is 15.2 Å². The van der Waals surface area contributed by atoms with Crippen LogP contribution in [0.4, 0.5) is 4.39 Å². The van der Waals surface area contributed by atoms with Gasteiger partial charge in [0.05, 0.1) is 0 Å². The second-order valence-corrected chi connectivity index (χ2v) is 2.11. The summed E-state index contributed by atoms with van der Waals surface area (Å²) in [5.74, 6) is -0.421. The zero-order chi connectivity index (χ0) is 7.84. The van der Waals surface area contributed by atoms with E-state index in [1.54, 1.807) is 0 Å². The fourth-order valence-electron chi connectivity index (χ4n) is 0.880. The molecule has 5 heteroatoms. The Bertz CT molecular complexity index is 398. The lowest BCUT2D eigenvalue weighted by molar-refractivity contribution is 0.154. The van der Waals surface area contributed by atoms with E-state index in [0.29, 0.717) is 10.4 Å². The largest absolute Gasteiger partial charge is 0.410 e. The van der Waals surface area contributed by atoms with Gasteiger partial charge in [-0.15, -0.1) is 5.10 Å². The van der Waals surface area contributed by atoms with Crippen LogP contribution in [0.5, 0.6) is 0 Å². The maximum Gasteiger partial charge on any atom is 0.133 e. The molecule has 2 rings (SSSR count). The first-order valence-corrected chi connectivity index (χ1v) is 2.97. The highest BCUT2D eigenvalue weighted by Crippen LogP contribution is 2.10. The molecule has 0 fully saturated rings. The Morgan fingerprint density at radius 2 is 2.27 bits per heavy atom. The van der Waals surface area contributed by atoms with Crippen molar-refractivity contribution < 1.29 is 9.60 Å². The quantitative estimate of drug-likeness (QED) is 0.569. The fraction of sp³-hybridized carbons (Fsp3) is 0. The summed E-state index contributed by atoms with van der Waals surface area (Å²) in [5.41, 5.74) is 0.735. The van der Waals surface area contributed by atoms with Crippen LogP contribution in [-0.4, -0.2) is 20.4 Å². The van der Waals surface area contributed by atoms with Gasteiger partial charge in [0, 0.05) is 6.07 Å². The van der Waals surface area contributed by atoms with Gasteiger partial charge in [0.15, 0.2) is 0 Å². The van der Waals surface area contributed by atoms with Crippen molar-refractivity contribution in [3.05, 3.63) is 24.0 Å². The first kappa shape index (κ1) is 6.09. The zero-order valence-corrected chi connectivity index (χ0v) is 5.40. The molecule has 0 saturated heterocycles. The van der Waals surface area contributed by atoms with E-state index in [4.69, 9.17) is 5.21 Å². The number of halogens is 1. The third kappa shape index (κ3) is 0.813. The third-order valence-electron chi connectivity index (χ3n) is 1.39. The Labute approximate surface area is 60.8 Å². The summed E-state index contributed by atoms with van der Waals surface area (Å²) in [6, 6.07) is 3.87. The van der Waals surface area contributed by atoms with Gasteiger partial charge < -0.3 is 5.21 Å². The number of benzene rings is 1. The van der Waals surface area contributed by atoms with Crippen molar-refractivity contribution in [3.8, 4) is 0 Å². The predicted octanol–water partition coefficient (Wildman–Crippen LogP) is 0.808. The number of hydrogen-bond acceptors (Lipinski definition) is 3. The van der Waals surface area contributed by atoms with Crippen molar-refractivity contribution >= 4 is 11.0 Å². The summed E-state index contributed by atoms with van der Waals surface area (Å²) >= 11 is 0. The number of aromatic nitrogens is 3. The lowest BCUT2D eigenvalue weighted by Crippen LogP contribution is -1.91. The second kappa shape index (κ2) is 1.91. The Balaban J connectivity index is 2.87. The van der Waals surface area contributed by atoms with E-state index in [1.165, 1.54) is 12.1 Å². The first-order chi connectivity index (χ1) is 5.27. The molecule has 0 bridgehead atoms. The summed E-state index contributed by atoms with van der Waals surface area (Å²) in [7, 11) is 0. The molecule has 0 unspecified atom stereocenters. The minimum atomic E-state index is -0.421. The molecule has 0 aliphatic carbocycles. The molecular weight excluding hydrogens is 149 g/mol. The molecule has 0 atom stereocenters. The summed E-state index contributed by atoms with van der Waals surface area (Å²) in [4.78, 5) is 0.540. The van der Waals surface area contributed by atoms with Gasteiger partial charge in [0.2, 0.25) is 0 Å². The number of fused-ring (bicyclic) bond motifs is 1. The molecule has 2 aromatic rings. The summed E-state index contributed by atoms with van der Waals surface area (Å²) in [5, 5.41) is 15.8. The van der Waals surface area contributed by atoms with Crippen LogP contribution in [0.25, 0.3) is 11.0 Å². The summed E-state index contributed by atoms with van der Waals surface area (Å²) in [6.07, 6.45) is 0. The molecule has 1 heterocycles. The van der Waals surface area contributed by atoms with E-state index >= 15 is 0 Å². The normalized spacial score (nSPS) is 10.6. The van der Waals surface area contributed by atoms with Gasteiger partial charge >= 0.3 is 0 Å². The second-order valence-electron chi connectivity index (χ2n) is 2.11. The zero-order valence-electron chi connectivity index (χ0n) is 5.40. The van der Waals surface area contributed by atoms with Crippen molar-refractivity contribution in [2.75, 3.05) is 0 Å². The van der Waals surface area contributed by atoms with Gasteiger partial charge in [-0.2, -0.15) is 0 Å². The van der Waals surface area contributed by atoms with Gasteiger partial charge in [0.25, 0.3) is 0 Å². The topological polar surface area (TPSA) is 50.9 Å². The maximum absolute atomic E-state index is 12.5. The van der Waals surface area contributed by atoms with E-state index in [9.17, 15) is 4.39 Å². The fourth-order valence-corrected chi connectivity index (χ4v) is 0.880. The van der Waals surface area contributed by atoms with Crippen LogP contribution in [0.1, 0.15) is 0 Å². The van der Waals surface area contributed by atoms with Crippen LogP contribution in [0.2, 0.25) is 0 Å². The highest BCUT2D eigenvalue weighted by atomic mass is 19.1. The smallest absolute Gasteiger partial charge is 0.133 e. The molecule has 1 aromatic carbocycles. The van der Waals surface area contributed by atoms with E-state index in [0.717, 1.165) is 6.07 Å². The van der Waals surface area contributed by atoms with Crippen molar-refractivity contribution in [2.24, 2.45) is 0 Å². The Kier molecular flexibility index (Phi) is 1.06. The van der Waals surface area contributed by atoms with E-state index in [-0.39, 0.29) is 5.52 Å². The minimum absolute atomic E-state index is 0.269. The molecule has 0 amide bonds. The van der Waals surface area contributed by atoms with Crippen LogP contribution >= 0.6 is 0 Å². The van der Waals surface area contributed by atoms with Gasteiger partial charge in [0.1, 0.15) is 16.9 Å². The summed E-state index contributed by atoms with van der Waals surface area (Å²) < 4.78 is 12.5. The van der Waals surface area contributed by atoms with Gasteiger partial charge in [-0.25, -0.2) is 4.39 Å². The van der Waals surface area contributed by atoms with E-state index in [2.05, 4.69) is 10.3 Å². The molecular formula is C6H4FN3O. The van der Waals surface area contributed by atoms with Crippen molar-refractivity contribution in [1.29, 1.82) is 0 Å². The van der Waals surface area contributed by atoms with Crippen LogP contribution in [0, 0.1) is 5.82 Å². The van der Waals surface area contributed by atoms with Crippen LogP contribution in [-0.2, 0) is 0 Å². The molecule has 0 aliphatic rings. The molecule has 0 spiro atoms. The van der Waals surface area contributed by atoms with Gasteiger partial charge in [-0.05, 0) is 17.3 Å². The SMILES string of the molecule is On1nnc2ccc(F)cc21. The molecule has 0 aliphatic heterocycles. The van der Waals surface area contributed by atoms with Crippen LogP contribution < -0.4 is 0 Å². The van der Waals surface area contributed by atoms with Gasteiger partial charge in [-0.3, -0.25) is 0 Å². The van der Waals surface area contributed by atoms with Crippen molar-refractivity contribution in [3.63, 3.8) is 0 Å². The molecule has 0 radical (unpaired) electrons.